The van der Waals surface area contributed by atoms with Crippen LogP contribution in [0.2, 0.25) is 0 Å². The fourth-order valence-corrected chi connectivity index (χ4v) is 2.85. The Morgan fingerprint density at radius 1 is 1.36 bits per heavy atom. The van der Waals surface area contributed by atoms with Crippen LogP contribution in [0.3, 0.4) is 0 Å². The van der Waals surface area contributed by atoms with E-state index in [-0.39, 0.29) is 12.1 Å². The minimum absolute atomic E-state index is 0.130. The maximum Gasteiger partial charge on any atom is 0.410 e. The topological polar surface area (TPSA) is 29.5 Å². The van der Waals surface area contributed by atoms with E-state index in [1.165, 1.54) is 5.56 Å². The first-order valence-corrected chi connectivity index (χ1v) is 8.84. The third kappa shape index (κ3) is 4.87. The number of hydrogen-bond donors (Lipinski definition) is 0. The Balaban J connectivity index is 2.00. The first-order chi connectivity index (χ1) is 10.4. The van der Waals surface area contributed by atoms with E-state index in [1.807, 2.05) is 25.7 Å². The van der Waals surface area contributed by atoms with Gasteiger partial charge in [0.15, 0.2) is 0 Å². The Labute approximate surface area is 141 Å². The molecular weight excluding hydrogens is 342 g/mol. The second-order valence-electron chi connectivity index (χ2n) is 6.62. The van der Waals surface area contributed by atoms with Crippen molar-refractivity contribution in [3.8, 4) is 0 Å². The molecule has 0 radical (unpaired) electrons. The van der Waals surface area contributed by atoms with Crippen molar-refractivity contribution in [3.63, 3.8) is 0 Å². The van der Waals surface area contributed by atoms with Crippen molar-refractivity contribution in [2.75, 3.05) is 6.54 Å². The first-order valence-electron chi connectivity index (χ1n) is 7.72. The van der Waals surface area contributed by atoms with Crippen molar-refractivity contribution in [1.82, 2.24) is 4.90 Å². The average molecular weight is 366 g/mol. The fraction of sp³-hybridized carbons (Fsp3) is 0.500. The summed E-state index contributed by atoms with van der Waals surface area (Å²) in [6, 6.07) is 8.54. The van der Waals surface area contributed by atoms with Crippen LogP contribution >= 0.6 is 15.9 Å². The molecule has 1 atom stereocenters. The van der Waals surface area contributed by atoms with E-state index < -0.39 is 5.60 Å². The predicted molar refractivity (Wildman–Crippen MR) is 94.1 cm³/mol. The molecule has 1 aromatic carbocycles. The van der Waals surface area contributed by atoms with E-state index in [0.717, 1.165) is 30.3 Å². The van der Waals surface area contributed by atoms with Crippen LogP contribution in [-0.4, -0.2) is 29.2 Å². The summed E-state index contributed by atoms with van der Waals surface area (Å²) in [6.45, 7) is 6.47. The minimum atomic E-state index is -0.445. The summed E-state index contributed by atoms with van der Waals surface area (Å²) in [4.78, 5) is 14.1. The van der Waals surface area contributed by atoms with Crippen molar-refractivity contribution in [2.24, 2.45) is 0 Å². The summed E-state index contributed by atoms with van der Waals surface area (Å²) in [6.07, 6.45) is 6.01. The van der Waals surface area contributed by atoms with Crippen LogP contribution < -0.4 is 0 Å². The molecule has 1 fully saturated rings. The maximum atomic E-state index is 12.2. The Morgan fingerprint density at radius 2 is 2.05 bits per heavy atom. The molecule has 0 aliphatic carbocycles. The Bertz CT molecular complexity index is 531. The van der Waals surface area contributed by atoms with Gasteiger partial charge in [-0.05, 0) is 44.7 Å². The molecule has 0 saturated carbocycles. The van der Waals surface area contributed by atoms with Crippen LogP contribution in [0.5, 0.6) is 0 Å². The van der Waals surface area contributed by atoms with E-state index in [4.69, 9.17) is 4.74 Å². The zero-order valence-electron chi connectivity index (χ0n) is 13.5. The lowest BCUT2D eigenvalue weighted by atomic mass is 10.1. The smallest absolute Gasteiger partial charge is 0.410 e. The molecule has 2 rings (SSSR count). The molecule has 1 amide bonds. The highest BCUT2D eigenvalue weighted by Crippen LogP contribution is 2.22. The Morgan fingerprint density at radius 3 is 2.64 bits per heavy atom. The standard InChI is InChI=1S/C18H24BrNO2/c1-18(2,3)22-17(21)20-12-4-5-16(20)11-10-14-6-8-15(13-19)9-7-14/h6-11,16H,4-5,12-13H2,1-3H3/b11-10+/t16-/m0/s1. The third-order valence-corrected chi connectivity index (χ3v) is 4.22. The molecule has 22 heavy (non-hydrogen) atoms. The molecular formula is C18H24BrNO2. The van der Waals surface area contributed by atoms with Crippen LogP contribution in [-0.2, 0) is 10.1 Å². The van der Waals surface area contributed by atoms with Gasteiger partial charge in [-0.15, -0.1) is 0 Å². The Kier molecular flexibility index (Phi) is 5.68. The number of alkyl halides is 1. The van der Waals surface area contributed by atoms with Crippen molar-refractivity contribution >= 4 is 28.1 Å². The van der Waals surface area contributed by atoms with Gasteiger partial charge in [-0.3, -0.25) is 0 Å². The lowest BCUT2D eigenvalue weighted by Crippen LogP contribution is -2.39. The summed E-state index contributed by atoms with van der Waals surface area (Å²) in [5.74, 6) is 0. The Hall–Kier alpha value is -1.29. The number of rotatable bonds is 3. The molecule has 0 unspecified atom stereocenters. The SMILES string of the molecule is CC(C)(C)OC(=O)N1CCC[C@H]1/C=C/c1ccc(CBr)cc1. The average Bonchev–Trinajstić information content (AvgIpc) is 2.92. The van der Waals surface area contributed by atoms with Gasteiger partial charge in [-0.1, -0.05) is 52.3 Å². The van der Waals surface area contributed by atoms with Crippen molar-refractivity contribution in [2.45, 2.75) is 50.6 Å². The largest absolute Gasteiger partial charge is 0.444 e. The highest BCUT2D eigenvalue weighted by atomic mass is 79.9. The predicted octanol–water partition coefficient (Wildman–Crippen LogP) is 4.99. The molecule has 1 saturated heterocycles. The van der Waals surface area contributed by atoms with Gasteiger partial charge in [0.2, 0.25) is 0 Å². The van der Waals surface area contributed by atoms with Crippen LogP contribution in [0.15, 0.2) is 30.3 Å². The quantitative estimate of drug-likeness (QED) is 0.705. The summed E-state index contributed by atoms with van der Waals surface area (Å²) in [5.41, 5.74) is 1.97. The summed E-state index contributed by atoms with van der Waals surface area (Å²) < 4.78 is 5.48. The molecule has 0 aromatic heterocycles. The van der Waals surface area contributed by atoms with Gasteiger partial charge in [0.25, 0.3) is 0 Å². The van der Waals surface area contributed by atoms with Gasteiger partial charge in [0.05, 0.1) is 6.04 Å². The van der Waals surface area contributed by atoms with Crippen LogP contribution in [0.4, 0.5) is 4.79 Å². The zero-order chi connectivity index (χ0) is 16.2. The van der Waals surface area contributed by atoms with Gasteiger partial charge in [0.1, 0.15) is 5.60 Å². The molecule has 0 bridgehead atoms. The molecule has 0 N–H and O–H groups in total. The molecule has 4 heteroatoms. The van der Waals surface area contributed by atoms with Crippen LogP contribution in [0.25, 0.3) is 6.08 Å². The summed E-state index contributed by atoms with van der Waals surface area (Å²) in [5, 5.41) is 0.867. The van der Waals surface area contributed by atoms with Crippen LogP contribution in [0.1, 0.15) is 44.7 Å². The second-order valence-corrected chi connectivity index (χ2v) is 7.18. The molecule has 0 spiro atoms. The van der Waals surface area contributed by atoms with Gasteiger partial charge in [0, 0.05) is 11.9 Å². The highest BCUT2D eigenvalue weighted by Gasteiger charge is 2.30. The van der Waals surface area contributed by atoms with E-state index in [9.17, 15) is 4.79 Å². The number of likely N-dealkylation sites (tertiary alicyclic amines) is 1. The highest BCUT2D eigenvalue weighted by molar-refractivity contribution is 9.08. The van der Waals surface area contributed by atoms with Gasteiger partial charge >= 0.3 is 6.09 Å². The lowest BCUT2D eigenvalue weighted by molar-refractivity contribution is 0.0256. The number of carbonyl (C=O) groups excluding carboxylic acids is 1. The number of amides is 1. The van der Waals surface area contributed by atoms with Gasteiger partial charge in [-0.25, -0.2) is 4.79 Å². The fourth-order valence-electron chi connectivity index (χ4n) is 2.48. The monoisotopic (exact) mass is 365 g/mol. The van der Waals surface area contributed by atoms with Crippen molar-refractivity contribution in [1.29, 1.82) is 0 Å². The molecule has 1 aromatic rings. The van der Waals surface area contributed by atoms with Gasteiger partial charge < -0.3 is 9.64 Å². The van der Waals surface area contributed by atoms with Crippen molar-refractivity contribution < 1.29 is 9.53 Å². The van der Waals surface area contributed by atoms with E-state index in [1.54, 1.807) is 0 Å². The number of halogens is 1. The lowest BCUT2D eigenvalue weighted by Gasteiger charge is -2.27. The van der Waals surface area contributed by atoms with E-state index >= 15 is 0 Å². The zero-order valence-corrected chi connectivity index (χ0v) is 15.1. The minimum Gasteiger partial charge on any atom is -0.444 e. The first kappa shape index (κ1) is 17.1. The number of carbonyl (C=O) groups is 1. The molecule has 1 aliphatic rings. The molecule has 3 nitrogen and oxygen atoms in total. The number of ether oxygens (including phenoxy) is 1. The van der Waals surface area contributed by atoms with Crippen LogP contribution in [0, 0.1) is 0 Å². The number of nitrogens with zero attached hydrogens (tertiary/aromatic N) is 1. The number of hydrogen-bond acceptors (Lipinski definition) is 2. The normalized spacial score (nSPS) is 18.9. The summed E-state index contributed by atoms with van der Waals surface area (Å²) in [7, 11) is 0. The molecule has 1 aliphatic heterocycles. The molecule has 120 valence electrons. The van der Waals surface area contributed by atoms with E-state index in [0.29, 0.717) is 0 Å². The second kappa shape index (κ2) is 7.32. The number of benzene rings is 1. The van der Waals surface area contributed by atoms with E-state index in [2.05, 4.69) is 52.3 Å². The maximum absolute atomic E-state index is 12.2. The van der Waals surface area contributed by atoms with Crippen molar-refractivity contribution in [3.05, 3.63) is 41.5 Å². The van der Waals surface area contributed by atoms with Gasteiger partial charge in [-0.2, -0.15) is 0 Å². The third-order valence-electron chi connectivity index (χ3n) is 3.57. The molecule has 1 heterocycles. The summed E-state index contributed by atoms with van der Waals surface area (Å²) >= 11 is 3.45.